The molecule has 0 unspecified atom stereocenters. The molecular formula is C22H27N3O4. The minimum absolute atomic E-state index is 0.0180. The maximum absolute atomic E-state index is 12.3. The van der Waals surface area contributed by atoms with Crippen molar-refractivity contribution in [2.45, 2.75) is 25.8 Å². The number of carbonyl (C=O) groups is 2. The van der Waals surface area contributed by atoms with E-state index in [2.05, 4.69) is 10.6 Å². The summed E-state index contributed by atoms with van der Waals surface area (Å²) in [4.78, 5) is 26.2. The maximum Gasteiger partial charge on any atom is 0.315 e. The molecular weight excluding hydrogens is 370 g/mol. The van der Waals surface area contributed by atoms with Crippen molar-refractivity contribution >= 4 is 17.6 Å². The highest BCUT2D eigenvalue weighted by Crippen LogP contribution is 2.27. The fourth-order valence-electron chi connectivity index (χ4n) is 3.37. The summed E-state index contributed by atoms with van der Waals surface area (Å²) >= 11 is 0. The van der Waals surface area contributed by atoms with Crippen molar-refractivity contribution in [1.29, 1.82) is 0 Å². The van der Waals surface area contributed by atoms with Crippen molar-refractivity contribution in [3.8, 4) is 11.5 Å². The van der Waals surface area contributed by atoms with Gasteiger partial charge in [-0.15, -0.1) is 0 Å². The van der Waals surface area contributed by atoms with Crippen LogP contribution in [0.1, 0.15) is 17.5 Å². The molecule has 1 atom stereocenters. The quantitative estimate of drug-likeness (QED) is 0.753. The molecule has 1 aliphatic rings. The average molecular weight is 397 g/mol. The summed E-state index contributed by atoms with van der Waals surface area (Å²) in [6.07, 6.45) is 0.962. The first-order valence-corrected chi connectivity index (χ1v) is 9.62. The Kier molecular flexibility index (Phi) is 6.59. The third-order valence-corrected chi connectivity index (χ3v) is 4.95. The molecule has 7 nitrogen and oxygen atoms in total. The number of nitrogens with one attached hydrogen (secondary N) is 2. The Labute approximate surface area is 171 Å². The van der Waals surface area contributed by atoms with E-state index >= 15 is 0 Å². The standard InChI is InChI=1S/C22H27N3O4/c1-15-4-7-18(8-5-15)25-14-17(13-21(25)26)24-22(27)23-11-10-16-6-9-19(28-2)20(12-16)29-3/h4-9,12,17H,10-11,13-14H2,1-3H3,(H2,23,24,27)/t17-/m1/s1. The SMILES string of the molecule is COc1ccc(CCNC(=O)N[C@@H]2CC(=O)N(c3ccc(C)cc3)C2)cc1OC. The maximum atomic E-state index is 12.3. The highest BCUT2D eigenvalue weighted by molar-refractivity contribution is 5.96. The number of carbonyl (C=O) groups excluding carboxylic acids is 2. The highest BCUT2D eigenvalue weighted by atomic mass is 16.5. The number of hydrogen-bond donors (Lipinski definition) is 2. The summed E-state index contributed by atoms with van der Waals surface area (Å²) in [6, 6.07) is 13.0. The minimum atomic E-state index is -0.269. The molecule has 29 heavy (non-hydrogen) atoms. The summed E-state index contributed by atoms with van der Waals surface area (Å²) < 4.78 is 10.5. The van der Waals surface area contributed by atoms with E-state index in [9.17, 15) is 9.59 Å². The molecule has 0 aromatic heterocycles. The van der Waals surface area contributed by atoms with E-state index in [1.807, 2.05) is 49.4 Å². The van der Waals surface area contributed by atoms with Crippen LogP contribution >= 0.6 is 0 Å². The second-order valence-electron chi connectivity index (χ2n) is 7.08. The van der Waals surface area contributed by atoms with E-state index in [-0.39, 0.29) is 18.0 Å². The van der Waals surface area contributed by atoms with Crippen LogP contribution in [0.15, 0.2) is 42.5 Å². The summed E-state index contributed by atoms with van der Waals surface area (Å²) in [5.41, 5.74) is 3.03. The second kappa shape index (κ2) is 9.32. The van der Waals surface area contributed by atoms with Crippen molar-refractivity contribution in [2.24, 2.45) is 0 Å². The van der Waals surface area contributed by atoms with Crippen LogP contribution in [0.25, 0.3) is 0 Å². The van der Waals surface area contributed by atoms with Gasteiger partial charge in [-0.3, -0.25) is 4.79 Å². The van der Waals surface area contributed by atoms with Gasteiger partial charge in [0.05, 0.1) is 20.3 Å². The van der Waals surface area contributed by atoms with Gasteiger partial charge in [-0.05, 0) is 43.2 Å². The number of methoxy groups -OCH3 is 2. The van der Waals surface area contributed by atoms with Gasteiger partial charge < -0.3 is 25.0 Å². The smallest absolute Gasteiger partial charge is 0.315 e. The lowest BCUT2D eigenvalue weighted by atomic mass is 10.1. The second-order valence-corrected chi connectivity index (χ2v) is 7.08. The third-order valence-electron chi connectivity index (χ3n) is 4.95. The number of aryl methyl sites for hydroxylation is 1. The lowest BCUT2D eigenvalue weighted by molar-refractivity contribution is -0.117. The van der Waals surface area contributed by atoms with Gasteiger partial charge in [-0.1, -0.05) is 23.8 Å². The molecule has 7 heteroatoms. The van der Waals surface area contributed by atoms with Crippen LogP contribution in [0.5, 0.6) is 11.5 Å². The molecule has 2 N–H and O–H groups in total. The van der Waals surface area contributed by atoms with Gasteiger partial charge in [0, 0.05) is 25.2 Å². The largest absolute Gasteiger partial charge is 0.493 e. The Morgan fingerprint density at radius 3 is 2.52 bits per heavy atom. The Hall–Kier alpha value is -3.22. The minimum Gasteiger partial charge on any atom is -0.493 e. The van der Waals surface area contributed by atoms with Crippen molar-refractivity contribution < 1.29 is 19.1 Å². The molecule has 154 valence electrons. The summed E-state index contributed by atoms with van der Waals surface area (Å²) in [5, 5.41) is 5.74. The topological polar surface area (TPSA) is 79.9 Å². The van der Waals surface area contributed by atoms with Crippen LogP contribution < -0.4 is 25.0 Å². The first-order chi connectivity index (χ1) is 14.0. The van der Waals surface area contributed by atoms with Gasteiger partial charge in [0.2, 0.25) is 5.91 Å². The van der Waals surface area contributed by atoms with Gasteiger partial charge in [0.25, 0.3) is 0 Å². The monoisotopic (exact) mass is 397 g/mol. The van der Waals surface area contributed by atoms with Crippen molar-refractivity contribution in [3.05, 3.63) is 53.6 Å². The molecule has 3 amide bonds. The van der Waals surface area contributed by atoms with Crippen molar-refractivity contribution in [3.63, 3.8) is 0 Å². The molecule has 0 radical (unpaired) electrons. The number of rotatable bonds is 7. The van der Waals surface area contributed by atoms with E-state index in [4.69, 9.17) is 9.47 Å². The van der Waals surface area contributed by atoms with Crippen LogP contribution in [-0.4, -0.2) is 45.3 Å². The molecule has 1 heterocycles. The Bertz CT molecular complexity index is 867. The first-order valence-electron chi connectivity index (χ1n) is 9.62. The number of amides is 3. The Balaban J connectivity index is 1.46. The van der Waals surface area contributed by atoms with Crippen molar-refractivity contribution in [1.82, 2.24) is 10.6 Å². The third kappa shape index (κ3) is 5.19. The lowest BCUT2D eigenvalue weighted by Gasteiger charge is -2.17. The van der Waals surface area contributed by atoms with E-state index < -0.39 is 0 Å². The predicted octanol–water partition coefficient (Wildman–Crippen LogP) is 2.66. The molecule has 1 saturated heterocycles. The number of urea groups is 1. The predicted molar refractivity (Wildman–Crippen MR) is 112 cm³/mol. The van der Waals surface area contributed by atoms with Crippen LogP contribution in [-0.2, 0) is 11.2 Å². The molecule has 1 fully saturated rings. The summed E-state index contributed by atoms with van der Waals surface area (Å²) in [7, 11) is 3.19. The number of benzene rings is 2. The van der Waals surface area contributed by atoms with E-state index in [0.29, 0.717) is 37.4 Å². The fourth-order valence-corrected chi connectivity index (χ4v) is 3.37. The molecule has 2 aromatic carbocycles. The van der Waals surface area contributed by atoms with Gasteiger partial charge in [0.1, 0.15) is 0 Å². The summed E-state index contributed by atoms with van der Waals surface area (Å²) in [6.45, 7) is 2.96. The summed E-state index contributed by atoms with van der Waals surface area (Å²) in [5.74, 6) is 1.35. The van der Waals surface area contributed by atoms with Crippen LogP contribution in [0.3, 0.4) is 0 Å². The zero-order valence-electron chi connectivity index (χ0n) is 17.0. The Morgan fingerprint density at radius 1 is 1.10 bits per heavy atom. The number of ether oxygens (including phenoxy) is 2. The zero-order valence-corrected chi connectivity index (χ0v) is 17.0. The number of hydrogen-bond acceptors (Lipinski definition) is 4. The van der Waals surface area contributed by atoms with Crippen LogP contribution in [0, 0.1) is 6.92 Å². The van der Waals surface area contributed by atoms with Crippen LogP contribution in [0.4, 0.5) is 10.5 Å². The fraction of sp³-hybridized carbons (Fsp3) is 0.364. The van der Waals surface area contributed by atoms with Crippen molar-refractivity contribution in [2.75, 3.05) is 32.2 Å². The molecule has 0 spiro atoms. The molecule has 2 aromatic rings. The number of nitrogens with zero attached hydrogens (tertiary/aromatic N) is 1. The zero-order chi connectivity index (χ0) is 20.8. The molecule has 0 bridgehead atoms. The van der Waals surface area contributed by atoms with Crippen LogP contribution in [0.2, 0.25) is 0 Å². The van der Waals surface area contributed by atoms with Gasteiger partial charge in [-0.25, -0.2) is 4.79 Å². The first kappa shape index (κ1) is 20.5. The van der Waals surface area contributed by atoms with E-state index in [1.54, 1.807) is 19.1 Å². The number of anilines is 1. The molecule has 0 saturated carbocycles. The van der Waals surface area contributed by atoms with Gasteiger partial charge in [0.15, 0.2) is 11.5 Å². The van der Waals surface area contributed by atoms with Gasteiger partial charge >= 0.3 is 6.03 Å². The average Bonchev–Trinajstić information content (AvgIpc) is 3.08. The van der Waals surface area contributed by atoms with Gasteiger partial charge in [-0.2, -0.15) is 0 Å². The highest BCUT2D eigenvalue weighted by Gasteiger charge is 2.31. The van der Waals surface area contributed by atoms with E-state index in [0.717, 1.165) is 16.8 Å². The molecule has 0 aliphatic carbocycles. The molecule has 1 aliphatic heterocycles. The normalized spacial score (nSPS) is 15.9. The molecule has 3 rings (SSSR count). The van der Waals surface area contributed by atoms with E-state index in [1.165, 1.54) is 0 Å². The Morgan fingerprint density at radius 2 is 1.83 bits per heavy atom. The lowest BCUT2D eigenvalue weighted by Crippen LogP contribution is -2.43.